The van der Waals surface area contributed by atoms with Gasteiger partial charge >= 0.3 is 0 Å². The van der Waals surface area contributed by atoms with Gasteiger partial charge in [0.2, 0.25) is 5.89 Å². The molecule has 2 unspecified atom stereocenters. The van der Waals surface area contributed by atoms with Crippen LogP contribution < -0.4 is 10.6 Å². The number of allylic oxidation sites excluding steroid dienone is 1. The lowest BCUT2D eigenvalue weighted by Crippen LogP contribution is -2.40. The molecule has 0 saturated carbocycles. The molecule has 8 heteroatoms. The van der Waals surface area contributed by atoms with Crippen LogP contribution in [0.3, 0.4) is 0 Å². The van der Waals surface area contributed by atoms with E-state index in [2.05, 4.69) is 25.6 Å². The van der Waals surface area contributed by atoms with Crippen molar-refractivity contribution in [2.75, 3.05) is 6.54 Å². The number of carbonyl (C=O) groups excluding carboxylic acids is 1. The Balaban J connectivity index is 1.52. The van der Waals surface area contributed by atoms with Crippen molar-refractivity contribution in [3.05, 3.63) is 53.6 Å². The highest BCUT2D eigenvalue weighted by Crippen LogP contribution is 2.39. The van der Waals surface area contributed by atoms with Gasteiger partial charge in [-0.3, -0.25) is 9.78 Å². The highest BCUT2D eigenvalue weighted by Gasteiger charge is 2.34. The van der Waals surface area contributed by atoms with E-state index in [4.69, 9.17) is 4.42 Å². The van der Waals surface area contributed by atoms with E-state index in [1.807, 2.05) is 0 Å². The first-order chi connectivity index (χ1) is 12.1. The van der Waals surface area contributed by atoms with Gasteiger partial charge in [-0.05, 0) is 13.0 Å². The van der Waals surface area contributed by atoms with E-state index in [-0.39, 0.29) is 18.9 Å². The van der Waals surface area contributed by atoms with Gasteiger partial charge in [-0.1, -0.05) is 6.07 Å². The standard InChI is InChI=1S/C17H16FN5O2/c1-9-14(17-20-5-6-25-17)21-8-13(22-9)16(24)23-12-7-11(18)10-3-2-4-19-15(10)12/h2-6,11-12,21H,7-8H2,1H3,(H,23,24). The molecule has 7 nitrogen and oxygen atoms in total. The summed E-state index contributed by atoms with van der Waals surface area (Å²) < 4.78 is 19.3. The minimum Gasteiger partial charge on any atom is -0.443 e. The molecule has 0 saturated heterocycles. The largest absolute Gasteiger partial charge is 0.443 e. The monoisotopic (exact) mass is 341 g/mol. The number of aromatic nitrogens is 2. The Morgan fingerprint density at radius 2 is 2.28 bits per heavy atom. The number of nitrogens with zero attached hydrogens (tertiary/aromatic N) is 3. The number of aliphatic imine (C=N–C) groups is 1. The number of fused-ring (bicyclic) bond motifs is 1. The van der Waals surface area contributed by atoms with E-state index in [1.165, 1.54) is 6.26 Å². The summed E-state index contributed by atoms with van der Waals surface area (Å²) in [6.45, 7) is 2.00. The molecule has 1 aliphatic heterocycles. The fourth-order valence-electron chi connectivity index (χ4n) is 3.11. The van der Waals surface area contributed by atoms with Crippen molar-refractivity contribution in [2.45, 2.75) is 25.6 Å². The van der Waals surface area contributed by atoms with Crippen LogP contribution in [-0.4, -0.2) is 28.1 Å². The second kappa shape index (κ2) is 6.12. The molecule has 0 spiro atoms. The van der Waals surface area contributed by atoms with Crippen molar-refractivity contribution in [1.82, 2.24) is 20.6 Å². The van der Waals surface area contributed by atoms with E-state index in [1.54, 1.807) is 31.5 Å². The van der Waals surface area contributed by atoms with Gasteiger partial charge < -0.3 is 15.1 Å². The number of nitrogens with one attached hydrogen (secondary N) is 2. The maximum atomic E-state index is 14.1. The molecule has 0 radical (unpaired) electrons. The van der Waals surface area contributed by atoms with Crippen LogP contribution in [0.25, 0.3) is 5.70 Å². The number of carbonyl (C=O) groups is 1. The summed E-state index contributed by atoms with van der Waals surface area (Å²) in [7, 11) is 0. The van der Waals surface area contributed by atoms with E-state index in [9.17, 15) is 9.18 Å². The molecular weight excluding hydrogens is 325 g/mol. The van der Waals surface area contributed by atoms with Crippen molar-refractivity contribution in [1.29, 1.82) is 0 Å². The maximum Gasteiger partial charge on any atom is 0.268 e. The van der Waals surface area contributed by atoms with Crippen molar-refractivity contribution in [3.8, 4) is 0 Å². The summed E-state index contributed by atoms with van der Waals surface area (Å²) >= 11 is 0. The van der Waals surface area contributed by atoms with Gasteiger partial charge in [0.1, 0.15) is 23.8 Å². The number of amides is 1. The molecule has 128 valence electrons. The molecular formula is C17H16FN5O2. The minimum atomic E-state index is -1.11. The Kier molecular flexibility index (Phi) is 3.79. The molecule has 0 bridgehead atoms. The first kappa shape index (κ1) is 15.5. The molecule has 2 aliphatic rings. The van der Waals surface area contributed by atoms with Crippen molar-refractivity contribution in [3.63, 3.8) is 0 Å². The average Bonchev–Trinajstić information content (AvgIpc) is 3.24. The number of hydrogen-bond acceptors (Lipinski definition) is 6. The lowest BCUT2D eigenvalue weighted by Gasteiger charge is -2.19. The lowest BCUT2D eigenvalue weighted by molar-refractivity contribution is -0.115. The Morgan fingerprint density at radius 3 is 3.04 bits per heavy atom. The number of hydrogen-bond donors (Lipinski definition) is 2. The second-order valence-corrected chi connectivity index (χ2v) is 5.92. The normalized spacial score (nSPS) is 22.2. The van der Waals surface area contributed by atoms with Crippen molar-refractivity contribution < 1.29 is 13.6 Å². The highest BCUT2D eigenvalue weighted by atomic mass is 19.1. The molecule has 2 atom stereocenters. The molecule has 3 heterocycles. The summed E-state index contributed by atoms with van der Waals surface area (Å²) in [4.78, 5) is 25.1. The number of halogens is 1. The summed E-state index contributed by atoms with van der Waals surface area (Å²) in [5.41, 5.74) is 2.71. The average molecular weight is 341 g/mol. The number of alkyl halides is 1. The van der Waals surface area contributed by atoms with Crippen LogP contribution in [0.15, 0.2) is 45.9 Å². The Labute approximate surface area is 143 Å². The van der Waals surface area contributed by atoms with E-state index in [0.29, 0.717) is 34.3 Å². The van der Waals surface area contributed by atoms with Crippen LogP contribution in [0.1, 0.15) is 42.7 Å². The summed E-state index contributed by atoms with van der Waals surface area (Å²) in [6, 6.07) is 2.95. The molecule has 1 amide bonds. The van der Waals surface area contributed by atoms with Crippen LogP contribution in [0.5, 0.6) is 0 Å². The first-order valence-electron chi connectivity index (χ1n) is 7.95. The molecule has 2 aromatic heterocycles. The number of rotatable bonds is 3. The fraction of sp³-hybridized carbons (Fsp3) is 0.294. The van der Waals surface area contributed by atoms with E-state index >= 15 is 0 Å². The van der Waals surface area contributed by atoms with Gasteiger partial charge in [0, 0.05) is 18.2 Å². The van der Waals surface area contributed by atoms with Crippen LogP contribution in [0.4, 0.5) is 4.39 Å². The van der Waals surface area contributed by atoms with Crippen LogP contribution >= 0.6 is 0 Å². The summed E-state index contributed by atoms with van der Waals surface area (Å²) in [5.74, 6) is 0.0870. The maximum absolute atomic E-state index is 14.1. The molecule has 2 N–H and O–H groups in total. The smallest absolute Gasteiger partial charge is 0.268 e. The minimum absolute atomic E-state index is 0.190. The van der Waals surface area contributed by atoms with Crippen LogP contribution in [0.2, 0.25) is 0 Å². The quantitative estimate of drug-likeness (QED) is 0.892. The summed E-state index contributed by atoms with van der Waals surface area (Å²) in [6.07, 6.45) is 3.70. The Hall–Kier alpha value is -3.03. The van der Waals surface area contributed by atoms with Crippen molar-refractivity contribution in [2.24, 2.45) is 4.99 Å². The van der Waals surface area contributed by atoms with Crippen LogP contribution in [-0.2, 0) is 4.79 Å². The molecule has 2 aromatic rings. The molecule has 4 rings (SSSR count). The second-order valence-electron chi connectivity index (χ2n) is 5.92. The molecule has 0 fully saturated rings. The molecule has 0 aromatic carbocycles. The van der Waals surface area contributed by atoms with E-state index in [0.717, 1.165) is 0 Å². The third kappa shape index (κ3) is 2.79. The predicted molar refractivity (Wildman–Crippen MR) is 88.1 cm³/mol. The zero-order chi connectivity index (χ0) is 17.4. The van der Waals surface area contributed by atoms with Crippen molar-refractivity contribution >= 4 is 17.3 Å². The fourth-order valence-corrected chi connectivity index (χ4v) is 3.11. The van der Waals surface area contributed by atoms with Gasteiger partial charge in [-0.2, -0.15) is 0 Å². The predicted octanol–water partition coefficient (Wildman–Crippen LogP) is 2.07. The third-order valence-electron chi connectivity index (χ3n) is 4.29. The van der Waals surface area contributed by atoms with Gasteiger partial charge in [-0.15, -0.1) is 0 Å². The topological polar surface area (TPSA) is 92.4 Å². The van der Waals surface area contributed by atoms with Crippen LogP contribution in [0, 0.1) is 0 Å². The van der Waals surface area contributed by atoms with E-state index < -0.39 is 12.2 Å². The zero-order valence-electron chi connectivity index (χ0n) is 13.5. The first-order valence-corrected chi connectivity index (χ1v) is 7.95. The molecule has 1 aliphatic carbocycles. The number of pyridine rings is 1. The van der Waals surface area contributed by atoms with Gasteiger partial charge in [-0.25, -0.2) is 14.4 Å². The van der Waals surface area contributed by atoms with Gasteiger partial charge in [0.25, 0.3) is 5.91 Å². The number of oxazole rings is 1. The molecule has 25 heavy (non-hydrogen) atoms. The third-order valence-corrected chi connectivity index (χ3v) is 4.29. The SMILES string of the molecule is CC1=C(c2ncco2)NCC(C(=O)NC2CC(F)c3cccnc32)=N1. The zero-order valence-corrected chi connectivity index (χ0v) is 13.5. The van der Waals surface area contributed by atoms with Gasteiger partial charge in [0.15, 0.2) is 0 Å². The lowest BCUT2D eigenvalue weighted by atomic mass is 10.2. The Morgan fingerprint density at radius 1 is 1.40 bits per heavy atom. The van der Waals surface area contributed by atoms with Gasteiger partial charge in [0.05, 0.1) is 30.2 Å². The highest BCUT2D eigenvalue weighted by molar-refractivity contribution is 6.40. The summed E-state index contributed by atoms with van der Waals surface area (Å²) in [5, 5.41) is 5.93. The Bertz CT molecular complexity index is 875.